The second kappa shape index (κ2) is 7.07. The third-order valence-corrected chi connectivity index (χ3v) is 5.55. The van der Waals surface area contributed by atoms with Crippen LogP contribution in [0.2, 0.25) is 5.15 Å². The van der Waals surface area contributed by atoms with Crippen molar-refractivity contribution in [1.82, 2.24) is 20.6 Å². The number of nitrogens with one attached hydrogen (secondary N) is 2. The van der Waals surface area contributed by atoms with Gasteiger partial charge >= 0.3 is 0 Å². The van der Waals surface area contributed by atoms with E-state index in [9.17, 15) is 4.79 Å². The fraction of sp³-hybridized carbons (Fsp3) is 0.278. The Morgan fingerprint density at radius 2 is 2.12 bits per heavy atom. The van der Waals surface area contributed by atoms with Crippen molar-refractivity contribution in [2.24, 2.45) is 0 Å². The van der Waals surface area contributed by atoms with Gasteiger partial charge in [-0.1, -0.05) is 23.7 Å². The average Bonchev–Trinajstić information content (AvgIpc) is 3.06. The van der Waals surface area contributed by atoms with E-state index in [1.807, 2.05) is 24.3 Å². The lowest BCUT2D eigenvalue weighted by Gasteiger charge is -2.23. The Hall–Kier alpha value is -2.02. The summed E-state index contributed by atoms with van der Waals surface area (Å²) in [7, 11) is 0. The van der Waals surface area contributed by atoms with E-state index in [1.165, 1.54) is 0 Å². The first-order valence-corrected chi connectivity index (χ1v) is 9.42. The fourth-order valence-corrected chi connectivity index (χ4v) is 4.03. The van der Waals surface area contributed by atoms with E-state index >= 15 is 0 Å². The van der Waals surface area contributed by atoms with Crippen LogP contribution in [0.25, 0.3) is 20.8 Å². The van der Waals surface area contributed by atoms with Crippen LogP contribution in [0.15, 0.2) is 36.5 Å². The number of carbonyl (C=O) groups excluding carboxylic acids is 1. The predicted octanol–water partition coefficient (Wildman–Crippen LogP) is 3.49. The van der Waals surface area contributed by atoms with E-state index in [4.69, 9.17) is 11.6 Å². The summed E-state index contributed by atoms with van der Waals surface area (Å²) in [5.41, 5.74) is 2.41. The lowest BCUT2D eigenvalue weighted by Crippen LogP contribution is -2.42. The molecule has 3 heterocycles. The van der Waals surface area contributed by atoms with Crippen LogP contribution in [0.4, 0.5) is 0 Å². The highest BCUT2D eigenvalue weighted by atomic mass is 35.5. The van der Waals surface area contributed by atoms with Gasteiger partial charge in [-0.15, -0.1) is 11.3 Å². The van der Waals surface area contributed by atoms with Crippen LogP contribution < -0.4 is 10.6 Å². The average molecular weight is 373 g/mol. The van der Waals surface area contributed by atoms with Crippen molar-refractivity contribution in [3.63, 3.8) is 0 Å². The molecule has 0 radical (unpaired) electrons. The minimum atomic E-state index is -0.0282. The smallest absolute Gasteiger partial charge is 0.251 e. The van der Waals surface area contributed by atoms with E-state index in [0.717, 1.165) is 46.7 Å². The van der Waals surface area contributed by atoms with Crippen molar-refractivity contribution in [3.8, 4) is 10.6 Å². The zero-order valence-electron chi connectivity index (χ0n) is 13.5. The van der Waals surface area contributed by atoms with Gasteiger partial charge in [0.05, 0.1) is 10.2 Å². The largest absolute Gasteiger partial charge is 0.349 e. The number of piperidine rings is 1. The van der Waals surface area contributed by atoms with E-state index < -0.39 is 0 Å². The molecule has 2 aromatic heterocycles. The molecule has 4 rings (SSSR count). The van der Waals surface area contributed by atoms with Crippen LogP contribution in [0.1, 0.15) is 23.2 Å². The summed E-state index contributed by atoms with van der Waals surface area (Å²) in [6, 6.07) is 9.59. The molecule has 5 nitrogen and oxygen atoms in total. The van der Waals surface area contributed by atoms with Gasteiger partial charge in [0, 0.05) is 29.4 Å². The summed E-state index contributed by atoms with van der Waals surface area (Å²) in [5.74, 6) is -0.0282. The molecule has 0 unspecified atom stereocenters. The van der Waals surface area contributed by atoms with Gasteiger partial charge in [-0.05, 0) is 38.1 Å². The number of aromatic nitrogens is 2. The number of benzene rings is 1. The maximum absolute atomic E-state index is 12.5. The molecule has 1 amide bonds. The SMILES string of the molecule is O=C(NC1CCNCC1)c1cccc(-c2nc3cc(Cl)ncc3s2)c1. The van der Waals surface area contributed by atoms with Gasteiger partial charge < -0.3 is 10.6 Å². The van der Waals surface area contributed by atoms with Crippen molar-refractivity contribution in [2.45, 2.75) is 18.9 Å². The van der Waals surface area contributed by atoms with E-state index in [-0.39, 0.29) is 11.9 Å². The molecule has 1 fully saturated rings. The Morgan fingerprint density at radius 3 is 2.96 bits per heavy atom. The Bertz CT molecular complexity index is 920. The summed E-state index contributed by atoms with van der Waals surface area (Å²) >= 11 is 7.47. The van der Waals surface area contributed by atoms with E-state index in [2.05, 4.69) is 20.6 Å². The molecule has 0 atom stereocenters. The highest BCUT2D eigenvalue weighted by Crippen LogP contribution is 2.31. The van der Waals surface area contributed by atoms with Gasteiger partial charge in [0.2, 0.25) is 0 Å². The first-order valence-electron chi connectivity index (χ1n) is 8.23. The van der Waals surface area contributed by atoms with E-state index in [1.54, 1.807) is 23.6 Å². The van der Waals surface area contributed by atoms with Gasteiger partial charge in [0.25, 0.3) is 5.91 Å². The van der Waals surface area contributed by atoms with Crippen LogP contribution in [0, 0.1) is 0 Å². The fourth-order valence-electron chi connectivity index (χ4n) is 2.96. The van der Waals surface area contributed by atoms with Gasteiger partial charge in [0.15, 0.2) is 0 Å². The molecule has 1 aliphatic heterocycles. The van der Waals surface area contributed by atoms with Gasteiger partial charge in [-0.2, -0.15) is 0 Å². The lowest BCUT2D eigenvalue weighted by atomic mass is 10.1. The first kappa shape index (κ1) is 16.4. The van der Waals surface area contributed by atoms with Crippen molar-refractivity contribution >= 4 is 39.1 Å². The summed E-state index contributed by atoms with van der Waals surface area (Å²) in [6.45, 7) is 1.90. The van der Waals surface area contributed by atoms with Crippen LogP contribution in [-0.4, -0.2) is 35.0 Å². The standard InChI is InChI=1S/C18H17ClN4OS/c19-16-9-14-15(10-21-16)25-18(23-14)12-3-1-2-11(8-12)17(24)22-13-4-6-20-7-5-13/h1-3,8-10,13,20H,4-7H2,(H,22,24). The number of nitrogens with zero attached hydrogens (tertiary/aromatic N) is 2. The second-order valence-electron chi connectivity index (χ2n) is 6.07. The molecule has 3 aromatic rings. The molecule has 0 aliphatic carbocycles. The van der Waals surface area contributed by atoms with Crippen LogP contribution in [0.5, 0.6) is 0 Å². The summed E-state index contributed by atoms with van der Waals surface area (Å²) in [5, 5.41) is 7.71. The molecule has 0 bridgehead atoms. The summed E-state index contributed by atoms with van der Waals surface area (Å²) in [4.78, 5) is 21.2. The second-order valence-corrected chi connectivity index (χ2v) is 7.49. The molecule has 0 saturated carbocycles. The quantitative estimate of drug-likeness (QED) is 0.690. The maximum atomic E-state index is 12.5. The van der Waals surface area contributed by atoms with Crippen molar-refractivity contribution in [1.29, 1.82) is 0 Å². The van der Waals surface area contributed by atoms with Gasteiger partial charge in [0.1, 0.15) is 10.2 Å². The zero-order valence-corrected chi connectivity index (χ0v) is 15.0. The molecular formula is C18H17ClN4OS. The number of halogens is 1. The lowest BCUT2D eigenvalue weighted by molar-refractivity contribution is 0.0929. The number of rotatable bonds is 3. The predicted molar refractivity (Wildman–Crippen MR) is 101 cm³/mol. The number of pyridine rings is 1. The van der Waals surface area contributed by atoms with Crippen molar-refractivity contribution < 1.29 is 4.79 Å². The van der Waals surface area contributed by atoms with Crippen LogP contribution in [0.3, 0.4) is 0 Å². The topological polar surface area (TPSA) is 66.9 Å². The third-order valence-electron chi connectivity index (χ3n) is 4.29. The van der Waals surface area contributed by atoms with Crippen molar-refractivity contribution in [2.75, 3.05) is 13.1 Å². The first-order chi connectivity index (χ1) is 12.2. The Kier molecular flexibility index (Phi) is 4.65. The highest BCUT2D eigenvalue weighted by molar-refractivity contribution is 7.21. The Labute approximate surface area is 154 Å². The Morgan fingerprint density at radius 1 is 1.28 bits per heavy atom. The molecule has 128 valence electrons. The summed E-state index contributed by atoms with van der Waals surface area (Å²) < 4.78 is 0.976. The minimum Gasteiger partial charge on any atom is -0.349 e. The molecular weight excluding hydrogens is 356 g/mol. The zero-order chi connectivity index (χ0) is 17.2. The molecule has 25 heavy (non-hydrogen) atoms. The third kappa shape index (κ3) is 3.66. The van der Waals surface area contributed by atoms with Crippen LogP contribution in [-0.2, 0) is 0 Å². The minimum absolute atomic E-state index is 0.0282. The molecule has 0 spiro atoms. The summed E-state index contributed by atoms with van der Waals surface area (Å²) in [6.07, 6.45) is 3.67. The monoisotopic (exact) mass is 372 g/mol. The number of thiazole rings is 1. The number of fused-ring (bicyclic) bond motifs is 1. The number of hydrogen-bond acceptors (Lipinski definition) is 5. The normalized spacial score (nSPS) is 15.4. The maximum Gasteiger partial charge on any atom is 0.251 e. The molecule has 2 N–H and O–H groups in total. The number of carbonyl (C=O) groups is 1. The van der Waals surface area contributed by atoms with Crippen molar-refractivity contribution in [3.05, 3.63) is 47.2 Å². The Balaban J connectivity index is 1.58. The molecule has 7 heteroatoms. The number of amides is 1. The molecule has 1 aromatic carbocycles. The highest BCUT2D eigenvalue weighted by Gasteiger charge is 2.17. The molecule has 1 aliphatic rings. The van der Waals surface area contributed by atoms with E-state index in [0.29, 0.717) is 10.7 Å². The van der Waals surface area contributed by atoms with Gasteiger partial charge in [-0.25, -0.2) is 9.97 Å². The van der Waals surface area contributed by atoms with Gasteiger partial charge in [-0.3, -0.25) is 4.79 Å². The number of hydrogen-bond donors (Lipinski definition) is 2. The molecule has 1 saturated heterocycles. The van der Waals surface area contributed by atoms with Crippen LogP contribution >= 0.6 is 22.9 Å².